The van der Waals surface area contributed by atoms with Crippen molar-refractivity contribution in [2.24, 2.45) is 5.92 Å². The molecule has 2 aromatic heterocycles. The van der Waals surface area contributed by atoms with Gasteiger partial charge in [0.25, 0.3) is 5.56 Å². The van der Waals surface area contributed by atoms with E-state index in [0.29, 0.717) is 25.2 Å². The van der Waals surface area contributed by atoms with Crippen molar-refractivity contribution in [3.63, 3.8) is 0 Å². The molecule has 0 bridgehead atoms. The number of halogens is 1. The Hall–Kier alpha value is -3.43. The van der Waals surface area contributed by atoms with Crippen LogP contribution in [0.4, 0.5) is 4.39 Å². The van der Waals surface area contributed by atoms with Gasteiger partial charge in [0.2, 0.25) is 0 Å². The van der Waals surface area contributed by atoms with Crippen LogP contribution < -0.4 is 5.56 Å². The number of hydrogen-bond acceptors (Lipinski definition) is 6. The summed E-state index contributed by atoms with van der Waals surface area (Å²) in [5, 5.41) is 13.8. The number of H-pyrrole nitrogens is 1. The number of rotatable bonds is 9. The maximum atomic E-state index is 13.7. The smallest absolute Gasteiger partial charge is 0.252 e. The van der Waals surface area contributed by atoms with Gasteiger partial charge in [-0.2, -0.15) is 0 Å². The van der Waals surface area contributed by atoms with E-state index >= 15 is 0 Å². The van der Waals surface area contributed by atoms with Crippen LogP contribution in [0, 0.1) is 25.6 Å². The molecule has 0 radical (unpaired) electrons. The summed E-state index contributed by atoms with van der Waals surface area (Å²) in [5.41, 5.74) is 4.54. The molecule has 0 spiro atoms. The average molecular weight is 519 g/mol. The summed E-state index contributed by atoms with van der Waals surface area (Å²) in [6.45, 7) is 10.6. The maximum Gasteiger partial charge on any atom is 0.252 e. The average Bonchev–Trinajstić information content (AvgIpc) is 3.54. The van der Waals surface area contributed by atoms with E-state index in [1.165, 1.54) is 12.1 Å². The number of aryl methyl sites for hydroxylation is 2. The lowest BCUT2D eigenvalue weighted by atomic mass is 9.99. The van der Waals surface area contributed by atoms with Crippen LogP contribution in [0.3, 0.4) is 0 Å². The largest absolute Gasteiger partial charge is 0.376 e. The number of aromatic nitrogens is 5. The number of benzene rings is 2. The molecular weight excluding hydrogens is 483 g/mol. The molecule has 200 valence electrons. The fourth-order valence-electron chi connectivity index (χ4n) is 5.55. The van der Waals surface area contributed by atoms with Gasteiger partial charge in [-0.05, 0) is 84.0 Å². The van der Waals surface area contributed by atoms with Gasteiger partial charge in [0.1, 0.15) is 5.82 Å². The highest BCUT2D eigenvalue weighted by Gasteiger charge is 2.31. The van der Waals surface area contributed by atoms with Crippen LogP contribution in [0.25, 0.3) is 10.9 Å². The molecule has 2 atom stereocenters. The summed E-state index contributed by atoms with van der Waals surface area (Å²) < 4.78 is 21.4. The van der Waals surface area contributed by atoms with Crippen molar-refractivity contribution in [2.75, 3.05) is 6.61 Å². The number of hydrogen-bond donors (Lipinski definition) is 1. The van der Waals surface area contributed by atoms with Gasteiger partial charge in [-0.3, -0.25) is 9.69 Å². The third-order valence-electron chi connectivity index (χ3n) is 7.31. The minimum atomic E-state index is -0.280. The SMILES string of the molecule is Cc1cc(C)c2cc(CN(Cc3ccc(F)cc3)[C@H](c3nnnn3C[C@@H]3CCCO3)C(C)C)c(=O)[nH]c2c1. The molecule has 1 N–H and O–H groups in total. The predicted octanol–water partition coefficient (Wildman–Crippen LogP) is 4.85. The minimum absolute atomic E-state index is 0.0883. The van der Waals surface area contributed by atoms with Gasteiger partial charge in [-0.25, -0.2) is 9.07 Å². The highest BCUT2D eigenvalue weighted by atomic mass is 19.1. The van der Waals surface area contributed by atoms with Crippen molar-refractivity contribution >= 4 is 10.9 Å². The maximum absolute atomic E-state index is 13.7. The molecule has 0 aliphatic carbocycles. The second-order valence-electron chi connectivity index (χ2n) is 10.7. The lowest BCUT2D eigenvalue weighted by molar-refractivity contribution is 0.0851. The Balaban J connectivity index is 1.55. The van der Waals surface area contributed by atoms with Gasteiger partial charge in [0.05, 0.1) is 18.7 Å². The summed E-state index contributed by atoms with van der Waals surface area (Å²) in [5.74, 6) is 0.591. The fraction of sp³-hybridized carbons (Fsp3) is 0.448. The lowest BCUT2D eigenvalue weighted by Gasteiger charge is -2.33. The molecule has 3 heterocycles. The number of fused-ring (bicyclic) bond motifs is 1. The number of tetrazole rings is 1. The first-order valence-electron chi connectivity index (χ1n) is 13.3. The highest BCUT2D eigenvalue weighted by Crippen LogP contribution is 2.31. The third-order valence-corrected chi connectivity index (χ3v) is 7.31. The number of pyridine rings is 1. The second-order valence-corrected chi connectivity index (χ2v) is 10.7. The Morgan fingerprint density at radius 3 is 2.66 bits per heavy atom. The Morgan fingerprint density at radius 1 is 1.16 bits per heavy atom. The van der Waals surface area contributed by atoms with Crippen molar-refractivity contribution in [2.45, 2.75) is 72.3 Å². The number of nitrogens with zero attached hydrogens (tertiary/aromatic N) is 5. The minimum Gasteiger partial charge on any atom is -0.376 e. The zero-order valence-electron chi connectivity index (χ0n) is 22.4. The monoisotopic (exact) mass is 518 g/mol. The molecule has 1 aliphatic rings. The van der Waals surface area contributed by atoms with E-state index in [0.717, 1.165) is 52.9 Å². The summed E-state index contributed by atoms with van der Waals surface area (Å²) in [4.78, 5) is 18.6. The van der Waals surface area contributed by atoms with Crippen LogP contribution in [0.15, 0.2) is 47.3 Å². The van der Waals surface area contributed by atoms with Gasteiger partial charge in [0, 0.05) is 36.2 Å². The normalized spacial score (nSPS) is 16.7. The van der Waals surface area contributed by atoms with Crippen LogP contribution in [-0.4, -0.2) is 42.8 Å². The molecule has 4 aromatic rings. The number of ether oxygens (including phenoxy) is 1. The van der Waals surface area contributed by atoms with E-state index in [9.17, 15) is 9.18 Å². The predicted molar refractivity (Wildman–Crippen MR) is 144 cm³/mol. The molecule has 1 fully saturated rings. The van der Waals surface area contributed by atoms with Gasteiger partial charge < -0.3 is 9.72 Å². The molecule has 1 saturated heterocycles. The zero-order chi connectivity index (χ0) is 26.8. The van der Waals surface area contributed by atoms with E-state index in [1.807, 2.05) is 23.7 Å². The Labute approximate surface area is 221 Å². The Bertz CT molecular complexity index is 1460. The van der Waals surface area contributed by atoms with Gasteiger partial charge in [-0.15, -0.1) is 5.10 Å². The lowest BCUT2D eigenvalue weighted by Crippen LogP contribution is -2.36. The van der Waals surface area contributed by atoms with Gasteiger partial charge >= 0.3 is 0 Å². The quantitative estimate of drug-likeness (QED) is 0.341. The third kappa shape index (κ3) is 5.68. The molecule has 38 heavy (non-hydrogen) atoms. The number of aromatic amines is 1. The summed E-state index contributed by atoms with van der Waals surface area (Å²) in [6, 6.07) is 12.4. The molecule has 2 aromatic carbocycles. The van der Waals surface area contributed by atoms with E-state index in [-0.39, 0.29) is 29.4 Å². The van der Waals surface area contributed by atoms with Gasteiger partial charge in [-0.1, -0.05) is 32.0 Å². The Kier molecular flexibility index (Phi) is 7.67. The molecule has 5 rings (SSSR count). The summed E-state index contributed by atoms with van der Waals surface area (Å²) >= 11 is 0. The van der Waals surface area contributed by atoms with Crippen molar-refractivity contribution in [3.05, 3.63) is 86.7 Å². The molecule has 0 saturated carbocycles. The van der Waals surface area contributed by atoms with Crippen LogP contribution in [-0.2, 0) is 24.4 Å². The molecule has 0 amide bonds. The molecule has 8 nitrogen and oxygen atoms in total. The first kappa shape index (κ1) is 26.2. The van der Waals surface area contributed by atoms with Crippen molar-refractivity contribution < 1.29 is 9.13 Å². The van der Waals surface area contributed by atoms with Gasteiger partial charge in [0.15, 0.2) is 5.82 Å². The van der Waals surface area contributed by atoms with Crippen molar-refractivity contribution in [1.29, 1.82) is 0 Å². The van der Waals surface area contributed by atoms with Crippen molar-refractivity contribution in [3.8, 4) is 0 Å². The molecule has 1 aliphatic heterocycles. The van der Waals surface area contributed by atoms with E-state index < -0.39 is 0 Å². The topological polar surface area (TPSA) is 88.9 Å². The highest BCUT2D eigenvalue weighted by molar-refractivity contribution is 5.83. The van der Waals surface area contributed by atoms with Crippen LogP contribution in [0.5, 0.6) is 0 Å². The summed E-state index contributed by atoms with van der Waals surface area (Å²) in [7, 11) is 0. The second kappa shape index (κ2) is 11.1. The fourth-order valence-corrected chi connectivity index (χ4v) is 5.55. The van der Waals surface area contributed by atoms with E-state index in [2.05, 4.69) is 52.2 Å². The van der Waals surface area contributed by atoms with Crippen LogP contribution in [0.1, 0.15) is 60.8 Å². The van der Waals surface area contributed by atoms with E-state index in [1.54, 1.807) is 12.1 Å². The molecule has 0 unspecified atom stereocenters. The standard InChI is InChI=1S/C29H35FN6O2/c1-18(2)27(28-32-33-34-36(28)17-24-6-5-11-38-24)35(15-21-7-9-23(30)10-8-21)16-22-14-25-20(4)12-19(3)13-26(25)31-29(22)37/h7-10,12-14,18,24,27H,5-6,11,15-17H2,1-4H3,(H,31,37)/t24-,27-/m0/s1. The first-order chi connectivity index (χ1) is 18.3. The molecule has 9 heteroatoms. The Morgan fingerprint density at radius 2 is 1.95 bits per heavy atom. The first-order valence-corrected chi connectivity index (χ1v) is 13.3. The van der Waals surface area contributed by atoms with Crippen molar-refractivity contribution in [1.82, 2.24) is 30.1 Å². The van der Waals surface area contributed by atoms with Crippen LogP contribution >= 0.6 is 0 Å². The number of nitrogens with one attached hydrogen (secondary N) is 1. The zero-order valence-corrected chi connectivity index (χ0v) is 22.4. The van der Waals surface area contributed by atoms with Crippen LogP contribution in [0.2, 0.25) is 0 Å². The van der Waals surface area contributed by atoms with E-state index in [4.69, 9.17) is 4.74 Å². The molecular formula is C29H35FN6O2. The summed E-state index contributed by atoms with van der Waals surface area (Å²) in [6.07, 6.45) is 2.11.